The second kappa shape index (κ2) is 3.48. The molecule has 3 atom stereocenters. The smallest absolute Gasteiger partial charge is 0.311 e. The summed E-state index contributed by atoms with van der Waals surface area (Å²) in [7, 11) is 1.87. The molecule has 2 heterocycles. The molecule has 1 aliphatic heterocycles. The van der Waals surface area contributed by atoms with Crippen LogP contribution in [0.15, 0.2) is 0 Å². The number of hydrogen-bond acceptors (Lipinski definition) is 3. The summed E-state index contributed by atoms with van der Waals surface area (Å²) in [5.74, 6) is 0.0363. The number of fused-ring (bicyclic) bond motifs is 2. The van der Waals surface area contributed by atoms with Crippen molar-refractivity contribution in [2.24, 2.45) is 13.0 Å². The van der Waals surface area contributed by atoms with Crippen LogP contribution in [0.25, 0.3) is 0 Å². The van der Waals surface area contributed by atoms with E-state index in [4.69, 9.17) is 0 Å². The third-order valence-corrected chi connectivity index (χ3v) is 4.17. The van der Waals surface area contributed by atoms with Gasteiger partial charge in [0.25, 0.3) is 0 Å². The van der Waals surface area contributed by atoms with Crippen LogP contribution in [-0.2, 0) is 11.8 Å². The van der Waals surface area contributed by atoms with Gasteiger partial charge in [0.2, 0.25) is 0 Å². The first kappa shape index (κ1) is 10.6. The number of aryl methyl sites for hydroxylation is 2. The second-order valence-electron chi connectivity index (χ2n) is 5.13. The summed E-state index contributed by atoms with van der Waals surface area (Å²) < 4.78 is 1.77. The predicted octanol–water partition coefficient (Wildman–Crippen LogP) is 1.49. The van der Waals surface area contributed by atoms with Gasteiger partial charge in [-0.15, -0.1) is 0 Å². The lowest BCUT2D eigenvalue weighted by molar-refractivity contribution is -0.140. The number of carbonyl (C=O) groups is 1. The van der Waals surface area contributed by atoms with Crippen molar-refractivity contribution in [3.05, 3.63) is 11.3 Å². The van der Waals surface area contributed by atoms with Crippen molar-refractivity contribution in [1.29, 1.82) is 0 Å². The summed E-state index contributed by atoms with van der Waals surface area (Å²) in [4.78, 5) is 11.6. The Morgan fingerprint density at radius 2 is 2.29 bits per heavy atom. The number of anilines is 1. The van der Waals surface area contributed by atoms with E-state index in [0.29, 0.717) is 6.04 Å². The highest BCUT2D eigenvalue weighted by Crippen LogP contribution is 2.46. The fourth-order valence-electron chi connectivity index (χ4n) is 3.48. The highest BCUT2D eigenvalue weighted by molar-refractivity contribution is 5.81. The predicted molar refractivity (Wildman–Crippen MR) is 63.1 cm³/mol. The van der Waals surface area contributed by atoms with Crippen LogP contribution in [0.3, 0.4) is 0 Å². The fourth-order valence-corrected chi connectivity index (χ4v) is 3.48. The molecule has 5 nitrogen and oxygen atoms in total. The van der Waals surface area contributed by atoms with Gasteiger partial charge in [0.05, 0.1) is 11.6 Å². The van der Waals surface area contributed by atoms with Gasteiger partial charge in [-0.05, 0) is 25.7 Å². The molecule has 1 aromatic heterocycles. The number of nitrogens with zero attached hydrogens (tertiary/aromatic N) is 2. The number of aliphatic carboxylic acids is 1. The van der Waals surface area contributed by atoms with Crippen molar-refractivity contribution >= 4 is 11.8 Å². The lowest BCUT2D eigenvalue weighted by Crippen LogP contribution is -2.38. The minimum Gasteiger partial charge on any atom is -0.481 e. The molecule has 5 heteroatoms. The number of carboxylic acid groups (broad SMARTS) is 1. The topological polar surface area (TPSA) is 67.2 Å². The molecular weight excluding hydrogens is 218 g/mol. The summed E-state index contributed by atoms with van der Waals surface area (Å²) in [5.41, 5.74) is 1.73. The Labute approximate surface area is 99.8 Å². The molecule has 0 unspecified atom stereocenters. The maximum atomic E-state index is 11.6. The lowest BCUT2D eigenvalue weighted by Gasteiger charge is -2.33. The van der Waals surface area contributed by atoms with Crippen molar-refractivity contribution < 1.29 is 9.90 Å². The standard InChI is InChI=1S/C12H17N3O2/c1-6-9-10(12(16)17)7-4-3-5-8(7)13-11(9)15(2)14-6/h7-8,10,13H,3-5H2,1-2H3,(H,16,17)/t7-,8+,10-/m1/s1. The first-order chi connectivity index (χ1) is 8.09. The third-order valence-electron chi connectivity index (χ3n) is 4.17. The Morgan fingerprint density at radius 3 is 3.00 bits per heavy atom. The van der Waals surface area contributed by atoms with Gasteiger partial charge < -0.3 is 10.4 Å². The molecule has 2 aliphatic rings. The number of nitrogens with one attached hydrogen (secondary N) is 1. The van der Waals surface area contributed by atoms with Gasteiger partial charge in [-0.1, -0.05) is 6.42 Å². The quantitative estimate of drug-likeness (QED) is 0.774. The maximum absolute atomic E-state index is 11.6. The zero-order chi connectivity index (χ0) is 12.2. The van der Waals surface area contributed by atoms with E-state index in [9.17, 15) is 9.90 Å². The number of rotatable bonds is 1. The Morgan fingerprint density at radius 1 is 1.53 bits per heavy atom. The van der Waals surface area contributed by atoms with Crippen LogP contribution in [0.5, 0.6) is 0 Å². The Balaban J connectivity index is 2.15. The summed E-state index contributed by atoms with van der Waals surface area (Å²) in [6.07, 6.45) is 3.19. The van der Waals surface area contributed by atoms with Crippen LogP contribution in [0.2, 0.25) is 0 Å². The summed E-state index contributed by atoms with van der Waals surface area (Å²) in [6, 6.07) is 0.304. The molecule has 1 aromatic rings. The molecule has 3 rings (SSSR count). The molecular formula is C12H17N3O2. The van der Waals surface area contributed by atoms with Crippen LogP contribution >= 0.6 is 0 Å². The minimum absolute atomic E-state index is 0.225. The molecule has 92 valence electrons. The average molecular weight is 235 g/mol. The first-order valence-electron chi connectivity index (χ1n) is 6.12. The average Bonchev–Trinajstić information content (AvgIpc) is 2.82. The molecule has 0 bridgehead atoms. The van der Waals surface area contributed by atoms with Crippen molar-refractivity contribution in [2.45, 2.75) is 38.1 Å². The SMILES string of the molecule is Cc1nn(C)c2c1[C@H](C(=O)O)[C@@H]1CCC[C@@H]1N2. The maximum Gasteiger partial charge on any atom is 0.311 e. The molecule has 17 heavy (non-hydrogen) atoms. The molecule has 0 aromatic carbocycles. The minimum atomic E-state index is -0.708. The Hall–Kier alpha value is -1.52. The van der Waals surface area contributed by atoms with Gasteiger partial charge in [-0.2, -0.15) is 5.10 Å². The Bertz CT molecular complexity index is 480. The van der Waals surface area contributed by atoms with Gasteiger partial charge in [-0.3, -0.25) is 9.48 Å². The van der Waals surface area contributed by atoms with Gasteiger partial charge in [-0.25, -0.2) is 0 Å². The van der Waals surface area contributed by atoms with Crippen molar-refractivity contribution in [1.82, 2.24) is 9.78 Å². The van der Waals surface area contributed by atoms with Crippen LogP contribution in [0.1, 0.15) is 36.4 Å². The van der Waals surface area contributed by atoms with Crippen molar-refractivity contribution in [2.75, 3.05) is 5.32 Å². The largest absolute Gasteiger partial charge is 0.481 e. The lowest BCUT2D eigenvalue weighted by atomic mass is 9.79. The van der Waals surface area contributed by atoms with Gasteiger partial charge in [0.1, 0.15) is 5.82 Å². The molecule has 2 N–H and O–H groups in total. The summed E-state index contributed by atoms with van der Waals surface area (Å²) >= 11 is 0. The first-order valence-corrected chi connectivity index (χ1v) is 6.12. The van der Waals surface area contributed by atoms with E-state index in [1.165, 1.54) is 0 Å². The fraction of sp³-hybridized carbons (Fsp3) is 0.667. The van der Waals surface area contributed by atoms with E-state index >= 15 is 0 Å². The van der Waals surface area contributed by atoms with Gasteiger partial charge >= 0.3 is 5.97 Å². The molecule has 0 saturated heterocycles. The molecule has 0 amide bonds. The molecule has 1 fully saturated rings. The number of aromatic nitrogens is 2. The highest BCUT2D eigenvalue weighted by Gasteiger charge is 2.45. The normalized spacial score (nSPS) is 30.6. The van der Waals surface area contributed by atoms with Gasteiger partial charge in [0, 0.05) is 18.7 Å². The van der Waals surface area contributed by atoms with Crippen molar-refractivity contribution in [3.8, 4) is 0 Å². The van der Waals surface area contributed by atoms with E-state index in [1.807, 2.05) is 14.0 Å². The van der Waals surface area contributed by atoms with E-state index < -0.39 is 5.97 Å². The van der Waals surface area contributed by atoms with Crippen molar-refractivity contribution in [3.63, 3.8) is 0 Å². The zero-order valence-electron chi connectivity index (χ0n) is 10.1. The summed E-state index contributed by atoms with van der Waals surface area (Å²) in [5, 5.41) is 17.3. The molecule has 1 saturated carbocycles. The van der Waals surface area contributed by atoms with Crippen LogP contribution < -0.4 is 5.32 Å². The molecule has 1 aliphatic carbocycles. The van der Waals surface area contributed by atoms with E-state index in [0.717, 1.165) is 36.3 Å². The van der Waals surface area contributed by atoms with Gasteiger partial charge in [0.15, 0.2) is 0 Å². The Kier molecular flexibility index (Phi) is 2.18. The number of carboxylic acids is 1. The third kappa shape index (κ3) is 1.38. The highest BCUT2D eigenvalue weighted by atomic mass is 16.4. The van der Waals surface area contributed by atoms with E-state index in [1.54, 1.807) is 4.68 Å². The van der Waals surface area contributed by atoms with E-state index in [2.05, 4.69) is 10.4 Å². The molecule has 0 radical (unpaired) electrons. The zero-order valence-corrected chi connectivity index (χ0v) is 10.1. The molecule has 0 spiro atoms. The summed E-state index contributed by atoms with van der Waals surface area (Å²) in [6.45, 7) is 1.89. The van der Waals surface area contributed by atoms with E-state index in [-0.39, 0.29) is 11.8 Å². The van der Waals surface area contributed by atoms with Crippen LogP contribution in [0, 0.1) is 12.8 Å². The second-order valence-corrected chi connectivity index (χ2v) is 5.13. The monoisotopic (exact) mass is 235 g/mol. The number of hydrogen-bond donors (Lipinski definition) is 2. The van der Waals surface area contributed by atoms with Crippen LogP contribution in [0.4, 0.5) is 5.82 Å². The van der Waals surface area contributed by atoms with Crippen LogP contribution in [-0.4, -0.2) is 26.9 Å².